The third kappa shape index (κ3) is 1.98. The number of benzene rings is 1. The minimum Gasteiger partial charge on any atom is -0.492 e. The summed E-state index contributed by atoms with van der Waals surface area (Å²) >= 11 is 0. The Morgan fingerprint density at radius 1 is 0.882 bits per heavy atom. The normalized spacial score (nSPS) is 9.94. The van der Waals surface area contributed by atoms with Crippen LogP contribution < -0.4 is 14.2 Å². The van der Waals surface area contributed by atoms with Crippen LogP contribution in [0.1, 0.15) is 11.1 Å². The largest absolute Gasteiger partial charge is 0.492 e. The van der Waals surface area contributed by atoms with E-state index in [1.807, 2.05) is 0 Å². The first kappa shape index (κ1) is 13.1. The summed E-state index contributed by atoms with van der Waals surface area (Å²) in [6.07, 6.45) is 0. The second kappa shape index (κ2) is 4.90. The summed E-state index contributed by atoms with van der Waals surface area (Å²) in [7, 11) is 4.32. The van der Waals surface area contributed by atoms with Crippen molar-refractivity contribution in [3.8, 4) is 17.2 Å². The van der Waals surface area contributed by atoms with Crippen molar-refractivity contribution in [1.82, 2.24) is 0 Å². The minimum absolute atomic E-state index is 0.0948. The molecule has 0 radical (unpaired) electrons. The van der Waals surface area contributed by atoms with Gasteiger partial charge in [-0.3, -0.25) is 10.1 Å². The molecule has 17 heavy (non-hydrogen) atoms. The van der Waals surface area contributed by atoms with Gasteiger partial charge in [0, 0.05) is 5.56 Å². The maximum atomic E-state index is 11.1. The van der Waals surface area contributed by atoms with Gasteiger partial charge in [0.15, 0.2) is 11.5 Å². The molecule has 0 spiro atoms. The smallest absolute Gasteiger partial charge is 0.318 e. The van der Waals surface area contributed by atoms with Crippen LogP contribution in [0.2, 0.25) is 0 Å². The number of rotatable bonds is 4. The number of nitro benzene ring substituents is 1. The van der Waals surface area contributed by atoms with Gasteiger partial charge in [-0.2, -0.15) is 0 Å². The number of methoxy groups -OCH3 is 3. The maximum absolute atomic E-state index is 11.1. The van der Waals surface area contributed by atoms with Crippen molar-refractivity contribution in [2.45, 2.75) is 13.8 Å². The molecular weight excluding hydrogens is 226 g/mol. The number of ether oxygens (including phenoxy) is 3. The van der Waals surface area contributed by atoms with Crippen LogP contribution >= 0.6 is 0 Å². The molecule has 0 bridgehead atoms. The highest BCUT2D eigenvalue weighted by Crippen LogP contribution is 2.47. The van der Waals surface area contributed by atoms with Gasteiger partial charge >= 0.3 is 5.69 Å². The summed E-state index contributed by atoms with van der Waals surface area (Å²) in [5.74, 6) is 1.01. The Bertz CT molecular complexity index is 456. The molecule has 0 N–H and O–H groups in total. The van der Waals surface area contributed by atoms with E-state index < -0.39 is 4.92 Å². The Morgan fingerprint density at radius 3 is 1.65 bits per heavy atom. The molecule has 6 heteroatoms. The van der Waals surface area contributed by atoms with Crippen molar-refractivity contribution in [1.29, 1.82) is 0 Å². The highest BCUT2D eigenvalue weighted by atomic mass is 16.6. The number of nitrogens with zero attached hydrogens (tertiary/aromatic N) is 1. The van der Waals surface area contributed by atoms with Gasteiger partial charge < -0.3 is 14.2 Å². The zero-order valence-electron chi connectivity index (χ0n) is 10.5. The van der Waals surface area contributed by atoms with Crippen LogP contribution in [0.15, 0.2) is 0 Å². The van der Waals surface area contributed by atoms with E-state index in [0.29, 0.717) is 22.6 Å². The summed E-state index contributed by atoms with van der Waals surface area (Å²) in [4.78, 5) is 10.6. The topological polar surface area (TPSA) is 70.8 Å². The van der Waals surface area contributed by atoms with Crippen LogP contribution in [0.25, 0.3) is 0 Å². The molecule has 1 rings (SSSR count). The van der Waals surface area contributed by atoms with Crippen molar-refractivity contribution >= 4 is 5.69 Å². The van der Waals surface area contributed by atoms with Crippen molar-refractivity contribution in [2.24, 2.45) is 0 Å². The average Bonchev–Trinajstić information content (AvgIpc) is 2.29. The van der Waals surface area contributed by atoms with E-state index in [0.717, 1.165) is 0 Å². The Morgan fingerprint density at radius 2 is 1.29 bits per heavy atom. The highest BCUT2D eigenvalue weighted by molar-refractivity contribution is 5.69. The lowest BCUT2D eigenvalue weighted by Gasteiger charge is -2.16. The van der Waals surface area contributed by atoms with Gasteiger partial charge in [-0.25, -0.2) is 0 Å². The summed E-state index contributed by atoms with van der Waals surface area (Å²) in [5, 5.41) is 11.1. The van der Waals surface area contributed by atoms with Gasteiger partial charge in [-0.1, -0.05) is 0 Å². The molecule has 0 saturated carbocycles. The molecule has 0 heterocycles. The van der Waals surface area contributed by atoms with Crippen molar-refractivity contribution in [2.75, 3.05) is 21.3 Å². The van der Waals surface area contributed by atoms with Gasteiger partial charge in [0.25, 0.3) is 0 Å². The van der Waals surface area contributed by atoms with Gasteiger partial charge in [-0.15, -0.1) is 0 Å². The van der Waals surface area contributed by atoms with Crippen LogP contribution in [0, 0.1) is 24.0 Å². The predicted octanol–water partition coefficient (Wildman–Crippen LogP) is 2.24. The molecule has 0 saturated heterocycles. The molecule has 1 aromatic carbocycles. The quantitative estimate of drug-likeness (QED) is 0.597. The second-order valence-corrected chi connectivity index (χ2v) is 3.46. The molecule has 1 aromatic rings. The number of nitro groups is 1. The highest BCUT2D eigenvalue weighted by Gasteiger charge is 2.29. The molecule has 0 aromatic heterocycles. The van der Waals surface area contributed by atoms with Crippen LogP contribution in [-0.2, 0) is 0 Å². The standard InChI is InChI=1S/C11H15NO5/c1-6-8(12(13)14)9(15-3)7(2)11(17-5)10(6)16-4/h1-5H3. The third-order valence-electron chi connectivity index (χ3n) is 2.59. The molecule has 0 aliphatic heterocycles. The predicted molar refractivity (Wildman–Crippen MR) is 62.2 cm³/mol. The zero-order valence-corrected chi connectivity index (χ0v) is 10.5. The molecule has 0 aliphatic carbocycles. The van der Waals surface area contributed by atoms with Crippen molar-refractivity contribution in [3.63, 3.8) is 0 Å². The van der Waals surface area contributed by atoms with E-state index in [2.05, 4.69) is 0 Å². The molecule has 0 unspecified atom stereocenters. The Labute approximate surface area is 99.2 Å². The first-order valence-corrected chi connectivity index (χ1v) is 4.93. The fraction of sp³-hybridized carbons (Fsp3) is 0.455. The molecule has 0 fully saturated rings. The molecule has 0 atom stereocenters. The SMILES string of the molecule is COc1c(C)c(OC)c([N+](=O)[O-])c(C)c1OC. The number of hydrogen-bond acceptors (Lipinski definition) is 5. The first-order chi connectivity index (χ1) is 7.99. The van der Waals surface area contributed by atoms with Crippen LogP contribution in [-0.4, -0.2) is 26.3 Å². The summed E-state index contributed by atoms with van der Waals surface area (Å²) in [5.41, 5.74) is 0.837. The van der Waals surface area contributed by atoms with Gasteiger partial charge in [0.05, 0.1) is 31.8 Å². The Balaban J connectivity index is 3.73. The fourth-order valence-corrected chi connectivity index (χ4v) is 1.86. The minimum atomic E-state index is -0.483. The zero-order chi connectivity index (χ0) is 13.2. The second-order valence-electron chi connectivity index (χ2n) is 3.46. The van der Waals surface area contributed by atoms with Gasteiger partial charge in [0.2, 0.25) is 5.75 Å². The van der Waals surface area contributed by atoms with Crippen molar-refractivity contribution < 1.29 is 19.1 Å². The molecule has 6 nitrogen and oxygen atoms in total. The average molecular weight is 241 g/mol. The molecule has 94 valence electrons. The van der Waals surface area contributed by atoms with E-state index >= 15 is 0 Å². The summed E-state index contributed by atoms with van der Waals surface area (Å²) in [6, 6.07) is 0. The van der Waals surface area contributed by atoms with Gasteiger partial charge in [0.1, 0.15) is 0 Å². The lowest BCUT2D eigenvalue weighted by molar-refractivity contribution is -0.386. The van der Waals surface area contributed by atoms with Crippen LogP contribution in [0.4, 0.5) is 5.69 Å². The first-order valence-electron chi connectivity index (χ1n) is 4.93. The van der Waals surface area contributed by atoms with Crippen LogP contribution in [0.3, 0.4) is 0 Å². The van der Waals surface area contributed by atoms with E-state index in [-0.39, 0.29) is 11.4 Å². The summed E-state index contributed by atoms with van der Waals surface area (Å²) < 4.78 is 15.4. The van der Waals surface area contributed by atoms with E-state index in [4.69, 9.17) is 14.2 Å². The fourth-order valence-electron chi connectivity index (χ4n) is 1.86. The number of hydrogen-bond donors (Lipinski definition) is 0. The lowest BCUT2D eigenvalue weighted by atomic mass is 10.1. The van der Waals surface area contributed by atoms with Crippen molar-refractivity contribution in [3.05, 3.63) is 21.2 Å². The lowest BCUT2D eigenvalue weighted by Crippen LogP contribution is -2.04. The summed E-state index contributed by atoms with van der Waals surface area (Å²) in [6.45, 7) is 3.29. The van der Waals surface area contributed by atoms with E-state index in [1.54, 1.807) is 13.8 Å². The van der Waals surface area contributed by atoms with Gasteiger partial charge in [-0.05, 0) is 13.8 Å². The molecule has 0 amide bonds. The Hall–Kier alpha value is -1.98. The van der Waals surface area contributed by atoms with E-state index in [1.165, 1.54) is 21.3 Å². The molecule has 0 aliphatic rings. The molecular formula is C11H15NO5. The van der Waals surface area contributed by atoms with E-state index in [9.17, 15) is 10.1 Å². The maximum Gasteiger partial charge on any atom is 0.318 e. The van der Waals surface area contributed by atoms with Crippen LogP contribution in [0.5, 0.6) is 17.2 Å². The third-order valence-corrected chi connectivity index (χ3v) is 2.59. The monoisotopic (exact) mass is 241 g/mol. The Kier molecular flexibility index (Phi) is 3.77.